The van der Waals surface area contributed by atoms with Gasteiger partial charge in [-0.05, 0) is 44.0 Å². The maximum Gasteiger partial charge on any atom is 0.146 e. The molecule has 1 aliphatic rings. The number of aromatic nitrogens is 1. The van der Waals surface area contributed by atoms with E-state index >= 15 is 0 Å². The van der Waals surface area contributed by atoms with Gasteiger partial charge in [-0.25, -0.2) is 9.37 Å². The van der Waals surface area contributed by atoms with Crippen LogP contribution in [-0.4, -0.2) is 24.1 Å². The van der Waals surface area contributed by atoms with E-state index < -0.39 is 0 Å². The van der Waals surface area contributed by atoms with Gasteiger partial charge in [0.15, 0.2) is 0 Å². The summed E-state index contributed by atoms with van der Waals surface area (Å²) in [5.41, 5.74) is 3.33. The number of pyridine rings is 1. The molecule has 1 aliphatic heterocycles. The lowest BCUT2D eigenvalue weighted by molar-refractivity contribution is 0.628. The highest BCUT2D eigenvalue weighted by atomic mass is 35.5. The molecule has 1 aromatic carbocycles. The summed E-state index contributed by atoms with van der Waals surface area (Å²) in [5, 5.41) is 10.7. The third-order valence-corrected chi connectivity index (χ3v) is 4.74. The van der Waals surface area contributed by atoms with E-state index in [4.69, 9.17) is 11.6 Å². The second kappa shape index (κ2) is 8.50. The molecule has 0 unspecified atom stereocenters. The molecule has 0 radical (unpaired) electrons. The average molecular weight is 363 g/mol. The first-order valence-electron chi connectivity index (χ1n) is 8.74. The molecular formula is C19H24ClFN4. The fourth-order valence-corrected chi connectivity index (χ4v) is 3.29. The Morgan fingerprint density at radius 3 is 3.08 bits per heavy atom. The number of aryl methyl sites for hydroxylation is 1. The van der Waals surface area contributed by atoms with E-state index in [1.165, 1.54) is 18.9 Å². The lowest BCUT2D eigenvalue weighted by atomic mass is 10.1. The highest BCUT2D eigenvalue weighted by Gasteiger charge is 2.14. The minimum atomic E-state index is -0.246. The lowest BCUT2D eigenvalue weighted by Crippen LogP contribution is -2.31. The van der Waals surface area contributed by atoms with E-state index in [0.717, 1.165) is 36.3 Å². The zero-order valence-corrected chi connectivity index (χ0v) is 15.2. The van der Waals surface area contributed by atoms with Gasteiger partial charge in [-0.1, -0.05) is 30.2 Å². The number of hydrogen-bond acceptors (Lipinski definition) is 4. The number of nitrogens with zero attached hydrogens (tertiary/aromatic N) is 1. The molecule has 0 saturated carbocycles. The van der Waals surface area contributed by atoms with Crippen LogP contribution in [0.1, 0.15) is 30.4 Å². The van der Waals surface area contributed by atoms with Gasteiger partial charge in [0, 0.05) is 36.6 Å². The van der Waals surface area contributed by atoms with Crippen molar-refractivity contribution in [2.75, 3.05) is 23.7 Å². The van der Waals surface area contributed by atoms with Crippen LogP contribution in [0.15, 0.2) is 30.5 Å². The Balaban J connectivity index is 1.74. The van der Waals surface area contributed by atoms with Crippen molar-refractivity contribution in [3.8, 4) is 0 Å². The molecule has 1 saturated heterocycles. The third kappa shape index (κ3) is 4.83. The van der Waals surface area contributed by atoms with E-state index in [0.29, 0.717) is 23.4 Å². The average Bonchev–Trinajstić information content (AvgIpc) is 2.85. The molecule has 0 spiro atoms. The molecule has 0 aliphatic carbocycles. The van der Waals surface area contributed by atoms with Crippen LogP contribution in [0.25, 0.3) is 0 Å². The molecule has 134 valence electrons. The lowest BCUT2D eigenvalue weighted by Gasteiger charge is -2.21. The van der Waals surface area contributed by atoms with E-state index in [-0.39, 0.29) is 5.82 Å². The van der Waals surface area contributed by atoms with Crippen molar-refractivity contribution in [3.05, 3.63) is 52.6 Å². The van der Waals surface area contributed by atoms with Gasteiger partial charge in [0.2, 0.25) is 0 Å². The fraction of sp³-hybridized carbons (Fsp3) is 0.421. The second-order valence-corrected chi connectivity index (χ2v) is 6.88. The number of para-hydroxylation sites is 1. The van der Waals surface area contributed by atoms with Crippen LogP contribution in [0.3, 0.4) is 0 Å². The van der Waals surface area contributed by atoms with Gasteiger partial charge < -0.3 is 16.0 Å². The molecule has 4 nitrogen and oxygen atoms in total. The molecule has 3 rings (SSSR count). The summed E-state index contributed by atoms with van der Waals surface area (Å²) in [6, 6.07) is 7.27. The van der Waals surface area contributed by atoms with Gasteiger partial charge in [0.1, 0.15) is 11.0 Å². The monoisotopic (exact) mass is 362 g/mol. The standard InChI is InChI=1S/C19H24ClFN4/c1-13-5-4-7-16(21)19(13)24-11-14-10-23-18(20)9-17(14)25-15-6-2-3-8-22-12-15/h4-5,7,9-10,15,22,24H,2-3,6,8,11-12H2,1H3,(H,23,25)/t15-/m0/s1. The Morgan fingerprint density at radius 2 is 2.24 bits per heavy atom. The molecule has 2 aromatic rings. The molecule has 1 fully saturated rings. The Hall–Kier alpha value is -1.85. The van der Waals surface area contributed by atoms with Crippen molar-refractivity contribution in [1.82, 2.24) is 10.3 Å². The van der Waals surface area contributed by atoms with Crippen molar-refractivity contribution < 1.29 is 4.39 Å². The highest BCUT2D eigenvalue weighted by molar-refractivity contribution is 6.29. The third-order valence-electron chi connectivity index (χ3n) is 4.54. The number of benzene rings is 1. The van der Waals surface area contributed by atoms with E-state index in [1.54, 1.807) is 12.3 Å². The van der Waals surface area contributed by atoms with Gasteiger partial charge >= 0.3 is 0 Å². The van der Waals surface area contributed by atoms with Crippen LogP contribution in [0.5, 0.6) is 0 Å². The van der Waals surface area contributed by atoms with E-state index in [1.807, 2.05) is 19.1 Å². The molecule has 0 bridgehead atoms. The molecule has 6 heteroatoms. The Morgan fingerprint density at radius 1 is 1.36 bits per heavy atom. The molecule has 25 heavy (non-hydrogen) atoms. The minimum Gasteiger partial charge on any atom is -0.381 e. The summed E-state index contributed by atoms with van der Waals surface area (Å²) in [4.78, 5) is 4.18. The number of nitrogens with one attached hydrogen (secondary N) is 3. The first-order valence-corrected chi connectivity index (χ1v) is 9.12. The van der Waals surface area contributed by atoms with Gasteiger partial charge in [0.25, 0.3) is 0 Å². The first-order chi connectivity index (χ1) is 12.1. The summed E-state index contributed by atoms with van der Waals surface area (Å²) in [6.07, 6.45) is 5.27. The molecule has 1 aromatic heterocycles. The zero-order valence-electron chi connectivity index (χ0n) is 14.4. The topological polar surface area (TPSA) is 49.0 Å². The number of anilines is 2. The van der Waals surface area contributed by atoms with Gasteiger partial charge in [-0.3, -0.25) is 0 Å². The number of halogens is 2. The Kier molecular flexibility index (Phi) is 6.10. The highest BCUT2D eigenvalue weighted by Crippen LogP contribution is 2.24. The molecule has 3 N–H and O–H groups in total. The minimum absolute atomic E-state index is 0.246. The SMILES string of the molecule is Cc1cccc(F)c1NCc1cnc(Cl)cc1N[C@H]1CCCCNC1. The molecule has 2 heterocycles. The van der Waals surface area contributed by atoms with Crippen molar-refractivity contribution >= 4 is 23.0 Å². The largest absolute Gasteiger partial charge is 0.381 e. The fourth-order valence-electron chi connectivity index (χ4n) is 3.14. The predicted octanol–water partition coefficient (Wildman–Crippen LogP) is 4.35. The van der Waals surface area contributed by atoms with Crippen LogP contribution >= 0.6 is 11.6 Å². The Labute approximate surface area is 153 Å². The first kappa shape index (κ1) is 18.0. The molecule has 1 atom stereocenters. The van der Waals surface area contributed by atoms with E-state index in [2.05, 4.69) is 20.9 Å². The number of hydrogen-bond donors (Lipinski definition) is 3. The van der Waals surface area contributed by atoms with E-state index in [9.17, 15) is 4.39 Å². The summed E-state index contributed by atoms with van der Waals surface area (Å²) >= 11 is 6.09. The summed E-state index contributed by atoms with van der Waals surface area (Å²) in [7, 11) is 0. The van der Waals surface area contributed by atoms with Crippen LogP contribution in [0.2, 0.25) is 5.15 Å². The summed E-state index contributed by atoms with van der Waals surface area (Å²) < 4.78 is 14.0. The van der Waals surface area contributed by atoms with Gasteiger partial charge in [-0.15, -0.1) is 0 Å². The van der Waals surface area contributed by atoms with Crippen LogP contribution in [0.4, 0.5) is 15.8 Å². The molecular weight excluding hydrogens is 339 g/mol. The van der Waals surface area contributed by atoms with Crippen molar-refractivity contribution in [2.45, 2.75) is 38.8 Å². The van der Waals surface area contributed by atoms with Crippen molar-refractivity contribution in [1.29, 1.82) is 0 Å². The van der Waals surface area contributed by atoms with Crippen molar-refractivity contribution in [3.63, 3.8) is 0 Å². The zero-order chi connectivity index (χ0) is 17.6. The normalized spacial score (nSPS) is 17.8. The maximum atomic E-state index is 14.0. The number of rotatable bonds is 5. The second-order valence-electron chi connectivity index (χ2n) is 6.49. The van der Waals surface area contributed by atoms with Gasteiger partial charge in [0.05, 0.1) is 5.69 Å². The quantitative estimate of drug-likeness (QED) is 0.692. The molecule has 0 amide bonds. The summed E-state index contributed by atoms with van der Waals surface area (Å²) in [6.45, 7) is 4.37. The maximum absolute atomic E-state index is 14.0. The summed E-state index contributed by atoms with van der Waals surface area (Å²) in [5.74, 6) is -0.246. The van der Waals surface area contributed by atoms with Crippen LogP contribution in [0, 0.1) is 12.7 Å². The Bertz CT molecular complexity index is 694. The van der Waals surface area contributed by atoms with Crippen LogP contribution in [-0.2, 0) is 6.54 Å². The smallest absolute Gasteiger partial charge is 0.146 e. The van der Waals surface area contributed by atoms with Crippen molar-refractivity contribution in [2.24, 2.45) is 0 Å². The van der Waals surface area contributed by atoms with Gasteiger partial charge in [-0.2, -0.15) is 0 Å². The predicted molar refractivity (Wildman–Crippen MR) is 102 cm³/mol. The van der Waals surface area contributed by atoms with Crippen LogP contribution < -0.4 is 16.0 Å².